The zero-order chi connectivity index (χ0) is 31.4. The van der Waals surface area contributed by atoms with Crippen LogP contribution in [0.25, 0.3) is 0 Å². The number of aliphatic hydroxyl groups excluding tert-OH is 1. The molecule has 0 heterocycles. The van der Waals surface area contributed by atoms with Gasteiger partial charge in [-0.15, -0.1) is 0 Å². The fraction of sp³-hybridized carbons (Fsp3) is 0.750. The van der Waals surface area contributed by atoms with Crippen LogP contribution >= 0.6 is 15.9 Å². The lowest BCUT2D eigenvalue weighted by Crippen LogP contribution is -2.65. The summed E-state index contributed by atoms with van der Waals surface area (Å²) in [6.07, 6.45) is 8.23. The molecule has 8 atom stereocenters. The Morgan fingerprint density at radius 1 is 0.907 bits per heavy atom. The number of aliphatic hydroxyl groups is 1. The number of benzene rings is 1. The third-order valence-corrected chi connectivity index (χ3v) is 16.0. The van der Waals surface area contributed by atoms with Crippen molar-refractivity contribution in [2.45, 2.75) is 117 Å². The number of hydrogen-bond donors (Lipinski definition) is 1. The molecule has 0 aliphatic heterocycles. The Labute approximate surface area is 267 Å². The van der Waals surface area contributed by atoms with Crippen molar-refractivity contribution in [2.75, 3.05) is 6.61 Å². The topological polar surface area (TPSA) is 80.7 Å². The number of hydrogen-bond acceptors (Lipinski definition) is 5. The van der Waals surface area contributed by atoms with Crippen LogP contribution in [-0.4, -0.2) is 32.0 Å². The van der Waals surface area contributed by atoms with Crippen molar-refractivity contribution in [1.29, 1.82) is 0 Å². The van der Waals surface area contributed by atoms with E-state index in [1.54, 1.807) is 24.3 Å². The van der Waals surface area contributed by atoms with Crippen molar-refractivity contribution in [3.8, 4) is 0 Å². The molecule has 0 unspecified atom stereocenters. The van der Waals surface area contributed by atoms with Gasteiger partial charge >= 0.3 is 0 Å². The van der Waals surface area contributed by atoms with Gasteiger partial charge in [-0.05, 0) is 127 Å². The molecule has 5 aliphatic rings. The summed E-state index contributed by atoms with van der Waals surface area (Å²) in [7, 11) is -3.96. The Morgan fingerprint density at radius 3 is 2.23 bits per heavy atom. The summed E-state index contributed by atoms with van der Waals surface area (Å²) in [5.41, 5.74) is 1.83. The van der Waals surface area contributed by atoms with Crippen LogP contribution in [-0.2, 0) is 19.1 Å². The standard InChI is InChI=1S/C36H51BrO5S/c1-22(2)30-26(38)20-36(21-42-43(40,41)24-10-8-23(37)9-11-24)19-18-34(6)25(31(30)36)12-13-28-33(5)16-15-29(39)32(3,4)27(33)14-17-35(28,34)7/h8-11,22,25,27-29,39H,12-21H2,1-7H3/t25-,27+,28-,29+,33+,34-,35-,36+/m1/s1. The van der Waals surface area contributed by atoms with Crippen molar-refractivity contribution in [3.63, 3.8) is 0 Å². The Balaban J connectivity index is 1.37. The molecule has 0 aromatic heterocycles. The van der Waals surface area contributed by atoms with Crippen LogP contribution in [0.5, 0.6) is 0 Å². The zero-order valence-corrected chi connectivity index (χ0v) is 29.5. The van der Waals surface area contributed by atoms with Gasteiger partial charge in [0.2, 0.25) is 0 Å². The third-order valence-electron chi connectivity index (χ3n) is 14.1. The third kappa shape index (κ3) is 4.47. The van der Waals surface area contributed by atoms with Crippen LogP contribution in [0.2, 0.25) is 0 Å². The average Bonchev–Trinajstić information content (AvgIpc) is 3.23. The zero-order valence-electron chi connectivity index (χ0n) is 27.1. The predicted molar refractivity (Wildman–Crippen MR) is 173 cm³/mol. The molecule has 4 fully saturated rings. The molecule has 5 nitrogen and oxygen atoms in total. The molecule has 4 saturated carbocycles. The summed E-state index contributed by atoms with van der Waals surface area (Å²) >= 11 is 3.38. The second-order valence-corrected chi connectivity index (χ2v) is 19.1. The Kier molecular flexibility index (Phi) is 7.61. The lowest BCUT2D eigenvalue weighted by molar-refractivity contribution is -0.228. The number of carbonyl (C=O) groups excluding carboxylic acids is 1. The number of halogens is 1. The van der Waals surface area contributed by atoms with Gasteiger partial charge in [0.05, 0.1) is 17.6 Å². The summed E-state index contributed by atoms with van der Waals surface area (Å²) in [4.78, 5) is 14.0. The van der Waals surface area contributed by atoms with Crippen LogP contribution in [0.15, 0.2) is 44.8 Å². The van der Waals surface area contributed by atoms with Gasteiger partial charge in [-0.25, -0.2) is 0 Å². The maximum Gasteiger partial charge on any atom is 0.297 e. The van der Waals surface area contributed by atoms with E-state index in [9.17, 15) is 18.3 Å². The van der Waals surface area contributed by atoms with Crippen LogP contribution in [0.1, 0.15) is 106 Å². The van der Waals surface area contributed by atoms with E-state index in [0.29, 0.717) is 18.3 Å². The first kappa shape index (κ1) is 31.9. The fourth-order valence-corrected chi connectivity index (χ4v) is 13.0. The number of carbonyl (C=O) groups is 1. The monoisotopic (exact) mass is 674 g/mol. The molecule has 0 spiro atoms. The quantitative estimate of drug-likeness (QED) is 0.317. The smallest absolute Gasteiger partial charge is 0.297 e. The van der Waals surface area contributed by atoms with E-state index < -0.39 is 15.5 Å². The number of allylic oxidation sites excluding steroid dienone is 1. The SMILES string of the molecule is CC(C)C1=C2[C@H]3CC[C@@H]4[C@@]5(C)CC[C@H](O)C(C)(C)[C@@H]5CC[C@@]4(C)[C@]3(C)CC[C@@]2(COS(=O)(=O)c2ccc(Br)cc2)CC1=O. The fourth-order valence-electron chi connectivity index (χ4n) is 11.8. The summed E-state index contributed by atoms with van der Waals surface area (Å²) < 4.78 is 33.4. The van der Waals surface area contributed by atoms with Crippen LogP contribution in [0, 0.1) is 50.7 Å². The molecule has 0 radical (unpaired) electrons. The maximum absolute atomic E-state index is 13.8. The summed E-state index contributed by atoms with van der Waals surface area (Å²) in [6.45, 7) is 16.4. The van der Waals surface area contributed by atoms with E-state index in [4.69, 9.17) is 4.18 Å². The first-order chi connectivity index (χ1) is 19.9. The second kappa shape index (κ2) is 10.2. The van der Waals surface area contributed by atoms with E-state index in [1.807, 2.05) is 0 Å². The molecule has 7 heteroatoms. The summed E-state index contributed by atoms with van der Waals surface area (Å²) in [6, 6.07) is 6.56. The molecule has 43 heavy (non-hydrogen) atoms. The number of fused-ring (bicyclic) bond motifs is 7. The van der Waals surface area contributed by atoms with Gasteiger partial charge in [-0.1, -0.05) is 70.0 Å². The first-order valence-electron chi connectivity index (χ1n) is 16.5. The number of rotatable bonds is 5. The predicted octanol–water partition coefficient (Wildman–Crippen LogP) is 8.50. The largest absolute Gasteiger partial charge is 0.393 e. The van der Waals surface area contributed by atoms with Gasteiger partial charge in [-0.2, -0.15) is 8.42 Å². The van der Waals surface area contributed by atoms with E-state index in [-0.39, 0.29) is 56.9 Å². The van der Waals surface area contributed by atoms with Crippen molar-refractivity contribution in [1.82, 2.24) is 0 Å². The van der Waals surface area contributed by atoms with E-state index in [2.05, 4.69) is 64.4 Å². The molecule has 0 amide bonds. The van der Waals surface area contributed by atoms with E-state index >= 15 is 0 Å². The van der Waals surface area contributed by atoms with Gasteiger partial charge in [0.25, 0.3) is 10.1 Å². The van der Waals surface area contributed by atoms with Crippen molar-refractivity contribution in [3.05, 3.63) is 39.9 Å². The highest BCUT2D eigenvalue weighted by Gasteiger charge is 2.70. The lowest BCUT2D eigenvalue weighted by Gasteiger charge is -2.72. The molecular formula is C36H51BrO5S. The van der Waals surface area contributed by atoms with Crippen LogP contribution in [0.4, 0.5) is 0 Å². The first-order valence-corrected chi connectivity index (χ1v) is 18.7. The molecule has 238 valence electrons. The highest BCUT2D eigenvalue weighted by Crippen LogP contribution is 2.76. The van der Waals surface area contributed by atoms with Gasteiger partial charge in [-0.3, -0.25) is 8.98 Å². The number of Topliss-reactive ketones (excluding diaryl/α,β-unsaturated/α-hetero) is 1. The Morgan fingerprint density at radius 2 is 1.58 bits per heavy atom. The lowest BCUT2D eigenvalue weighted by atomic mass is 9.33. The minimum Gasteiger partial charge on any atom is -0.393 e. The van der Waals surface area contributed by atoms with Gasteiger partial charge in [0.1, 0.15) is 0 Å². The Hall–Kier alpha value is -1.02. The molecule has 1 N–H and O–H groups in total. The molecule has 1 aromatic rings. The highest BCUT2D eigenvalue weighted by atomic mass is 79.9. The minimum atomic E-state index is -3.96. The maximum atomic E-state index is 13.8. The van der Waals surface area contributed by atoms with Gasteiger partial charge < -0.3 is 5.11 Å². The summed E-state index contributed by atoms with van der Waals surface area (Å²) in [5.74, 6) is 1.58. The van der Waals surface area contributed by atoms with Crippen molar-refractivity contribution >= 4 is 31.8 Å². The highest BCUT2D eigenvalue weighted by molar-refractivity contribution is 9.10. The second-order valence-electron chi connectivity index (χ2n) is 16.5. The van der Waals surface area contributed by atoms with Gasteiger partial charge in [0, 0.05) is 16.3 Å². The molecule has 6 rings (SSSR count). The van der Waals surface area contributed by atoms with Crippen LogP contribution < -0.4 is 0 Å². The molecule has 5 aliphatic carbocycles. The number of ketones is 1. The molecular weight excluding hydrogens is 624 g/mol. The normalized spacial score (nSPS) is 42.3. The van der Waals surface area contributed by atoms with Crippen molar-refractivity contribution in [2.24, 2.45) is 50.7 Å². The van der Waals surface area contributed by atoms with Crippen molar-refractivity contribution < 1.29 is 22.5 Å². The van der Waals surface area contributed by atoms with E-state index in [0.717, 1.165) is 61.4 Å². The minimum absolute atomic E-state index is 0.0122. The molecule has 0 bridgehead atoms. The summed E-state index contributed by atoms with van der Waals surface area (Å²) in [5, 5.41) is 11.0. The molecule has 0 saturated heterocycles. The molecule has 1 aromatic carbocycles. The van der Waals surface area contributed by atoms with Crippen LogP contribution in [0.3, 0.4) is 0 Å². The Bertz CT molecular complexity index is 1450. The van der Waals surface area contributed by atoms with E-state index in [1.165, 1.54) is 5.57 Å². The van der Waals surface area contributed by atoms with Gasteiger partial charge in [0.15, 0.2) is 5.78 Å². The average molecular weight is 676 g/mol.